The summed E-state index contributed by atoms with van der Waals surface area (Å²) in [5.41, 5.74) is 0.723. The van der Waals surface area contributed by atoms with Crippen LogP contribution in [0.3, 0.4) is 0 Å². The van der Waals surface area contributed by atoms with E-state index in [1.54, 1.807) is 24.3 Å². The molecule has 16 heavy (non-hydrogen) atoms. The first-order valence-corrected chi connectivity index (χ1v) is 6.97. The summed E-state index contributed by atoms with van der Waals surface area (Å²) in [5, 5.41) is 0. The van der Waals surface area contributed by atoms with Gasteiger partial charge in [0.25, 0.3) is 0 Å². The third-order valence-electron chi connectivity index (χ3n) is 2.53. The Balaban J connectivity index is 2.22. The van der Waals surface area contributed by atoms with Crippen LogP contribution >= 0.6 is 0 Å². The lowest BCUT2D eigenvalue weighted by molar-refractivity contribution is 0.340. The van der Waals surface area contributed by atoms with Crippen molar-refractivity contribution in [3.05, 3.63) is 24.3 Å². The first-order chi connectivity index (χ1) is 7.63. The van der Waals surface area contributed by atoms with Crippen LogP contribution in [-0.4, -0.2) is 27.3 Å². The smallest absolute Gasteiger partial charge is 0.235 e. The zero-order chi connectivity index (χ0) is 11.6. The Morgan fingerprint density at radius 2 is 2.00 bits per heavy atom. The molecule has 4 nitrogen and oxygen atoms in total. The number of anilines is 1. The van der Waals surface area contributed by atoms with Gasteiger partial charge in [-0.3, -0.25) is 4.31 Å². The van der Waals surface area contributed by atoms with Gasteiger partial charge in [0.1, 0.15) is 5.75 Å². The van der Waals surface area contributed by atoms with Crippen LogP contribution in [0.1, 0.15) is 13.3 Å². The van der Waals surface area contributed by atoms with Crippen molar-refractivity contribution in [2.75, 3.05) is 23.2 Å². The van der Waals surface area contributed by atoms with Crippen molar-refractivity contribution in [3.8, 4) is 5.75 Å². The SMILES string of the molecule is CCOc1ccc(N2CCCS2(=O)=O)cc1. The highest BCUT2D eigenvalue weighted by Crippen LogP contribution is 2.25. The van der Waals surface area contributed by atoms with E-state index in [1.807, 2.05) is 6.92 Å². The Hall–Kier alpha value is -1.23. The molecule has 0 spiro atoms. The molecule has 1 heterocycles. The van der Waals surface area contributed by atoms with Crippen molar-refractivity contribution in [1.82, 2.24) is 0 Å². The highest BCUT2D eigenvalue weighted by molar-refractivity contribution is 7.93. The summed E-state index contributed by atoms with van der Waals surface area (Å²) in [6.45, 7) is 3.11. The van der Waals surface area contributed by atoms with Crippen molar-refractivity contribution in [3.63, 3.8) is 0 Å². The minimum absolute atomic E-state index is 0.250. The molecule has 0 atom stereocenters. The van der Waals surface area contributed by atoms with E-state index in [9.17, 15) is 8.42 Å². The second-order valence-corrected chi connectivity index (χ2v) is 5.68. The molecule has 5 heteroatoms. The normalized spacial score (nSPS) is 18.7. The summed E-state index contributed by atoms with van der Waals surface area (Å²) in [6, 6.07) is 7.17. The molecule has 1 aliphatic heterocycles. The molecule has 0 aromatic heterocycles. The molecule has 0 amide bonds. The molecular formula is C11H15NO3S. The quantitative estimate of drug-likeness (QED) is 0.808. The van der Waals surface area contributed by atoms with E-state index in [0.29, 0.717) is 19.6 Å². The monoisotopic (exact) mass is 241 g/mol. The van der Waals surface area contributed by atoms with E-state index in [-0.39, 0.29) is 5.75 Å². The minimum Gasteiger partial charge on any atom is -0.494 e. The van der Waals surface area contributed by atoms with E-state index in [4.69, 9.17) is 4.74 Å². The van der Waals surface area contributed by atoms with Gasteiger partial charge in [-0.25, -0.2) is 8.42 Å². The first kappa shape index (κ1) is 11.3. The van der Waals surface area contributed by atoms with E-state index >= 15 is 0 Å². The maximum Gasteiger partial charge on any atom is 0.235 e. The van der Waals surface area contributed by atoms with Crippen LogP contribution in [0.5, 0.6) is 5.75 Å². The van der Waals surface area contributed by atoms with E-state index in [2.05, 4.69) is 0 Å². The average molecular weight is 241 g/mol. The summed E-state index contributed by atoms with van der Waals surface area (Å²) in [4.78, 5) is 0. The fourth-order valence-corrected chi connectivity index (χ4v) is 3.37. The number of hydrogen-bond donors (Lipinski definition) is 0. The van der Waals surface area contributed by atoms with E-state index in [1.165, 1.54) is 4.31 Å². The molecule has 0 radical (unpaired) electrons. The topological polar surface area (TPSA) is 46.6 Å². The Bertz CT molecular complexity index is 453. The fourth-order valence-electron chi connectivity index (χ4n) is 1.80. The number of hydrogen-bond acceptors (Lipinski definition) is 3. The summed E-state index contributed by atoms with van der Waals surface area (Å²) < 4.78 is 30.1. The molecule has 88 valence electrons. The molecule has 1 aromatic rings. The van der Waals surface area contributed by atoms with Gasteiger partial charge in [-0.2, -0.15) is 0 Å². The predicted octanol–water partition coefficient (Wildman–Crippen LogP) is 1.63. The predicted molar refractivity (Wildman–Crippen MR) is 63.4 cm³/mol. The first-order valence-electron chi connectivity index (χ1n) is 5.37. The van der Waals surface area contributed by atoms with Gasteiger partial charge in [-0.15, -0.1) is 0 Å². The molecule has 1 saturated heterocycles. The van der Waals surface area contributed by atoms with Gasteiger partial charge in [0.15, 0.2) is 0 Å². The standard InChI is InChI=1S/C11H15NO3S/c1-2-15-11-6-4-10(5-7-11)12-8-3-9-16(12,13)14/h4-7H,2-3,8-9H2,1H3. The molecule has 1 fully saturated rings. The lowest BCUT2D eigenvalue weighted by Crippen LogP contribution is -2.24. The second-order valence-electron chi connectivity index (χ2n) is 3.67. The van der Waals surface area contributed by atoms with E-state index in [0.717, 1.165) is 11.4 Å². The van der Waals surface area contributed by atoms with Gasteiger partial charge in [0, 0.05) is 6.54 Å². The Morgan fingerprint density at radius 3 is 2.50 bits per heavy atom. The molecule has 1 aromatic carbocycles. The van der Waals surface area contributed by atoms with Crippen LogP contribution in [0.2, 0.25) is 0 Å². The third kappa shape index (κ3) is 2.14. The average Bonchev–Trinajstić information content (AvgIpc) is 2.60. The number of rotatable bonds is 3. The van der Waals surface area contributed by atoms with Gasteiger partial charge < -0.3 is 4.74 Å². The summed E-state index contributed by atoms with van der Waals surface area (Å²) in [5.74, 6) is 1.02. The number of ether oxygens (including phenoxy) is 1. The number of sulfonamides is 1. The Kier molecular flexibility index (Phi) is 3.05. The summed E-state index contributed by atoms with van der Waals surface area (Å²) >= 11 is 0. The summed E-state index contributed by atoms with van der Waals surface area (Å²) in [7, 11) is -3.07. The Morgan fingerprint density at radius 1 is 1.31 bits per heavy atom. The number of nitrogens with zero attached hydrogens (tertiary/aromatic N) is 1. The van der Waals surface area contributed by atoms with Crippen molar-refractivity contribution in [2.24, 2.45) is 0 Å². The van der Waals surface area contributed by atoms with Crippen molar-refractivity contribution >= 4 is 15.7 Å². The summed E-state index contributed by atoms with van der Waals surface area (Å²) in [6.07, 6.45) is 0.704. The van der Waals surface area contributed by atoms with Crippen LogP contribution in [0.4, 0.5) is 5.69 Å². The highest BCUT2D eigenvalue weighted by Gasteiger charge is 2.28. The minimum atomic E-state index is -3.07. The third-order valence-corrected chi connectivity index (χ3v) is 4.40. The molecule has 2 rings (SSSR count). The lowest BCUT2D eigenvalue weighted by atomic mass is 10.3. The van der Waals surface area contributed by atoms with Crippen LogP contribution < -0.4 is 9.04 Å². The largest absolute Gasteiger partial charge is 0.494 e. The molecule has 0 aliphatic carbocycles. The Labute approximate surface area is 95.9 Å². The van der Waals surface area contributed by atoms with Crippen molar-refractivity contribution < 1.29 is 13.2 Å². The highest BCUT2D eigenvalue weighted by atomic mass is 32.2. The van der Waals surface area contributed by atoms with Crippen LogP contribution in [-0.2, 0) is 10.0 Å². The van der Waals surface area contributed by atoms with Crippen molar-refractivity contribution in [2.45, 2.75) is 13.3 Å². The lowest BCUT2D eigenvalue weighted by Gasteiger charge is -2.17. The second kappa shape index (κ2) is 4.33. The van der Waals surface area contributed by atoms with E-state index < -0.39 is 10.0 Å². The number of benzene rings is 1. The van der Waals surface area contributed by atoms with Crippen molar-refractivity contribution in [1.29, 1.82) is 0 Å². The van der Waals surface area contributed by atoms with Gasteiger partial charge >= 0.3 is 0 Å². The van der Waals surface area contributed by atoms with Gasteiger partial charge in [0.05, 0.1) is 18.0 Å². The molecular weight excluding hydrogens is 226 g/mol. The molecule has 0 bridgehead atoms. The zero-order valence-electron chi connectivity index (χ0n) is 9.22. The molecule has 0 N–H and O–H groups in total. The van der Waals surface area contributed by atoms with Crippen LogP contribution in [0.15, 0.2) is 24.3 Å². The van der Waals surface area contributed by atoms with Crippen LogP contribution in [0.25, 0.3) is 0 Å². The maximum absolute atomic E-state index is 11.7. The van der Waals surface area contributed by atoms with Gasteiger partial charge in [-0.05, 0) is 37.6 Å². The fraction of sp³-hybridized carbons (Fsp3) is 0.455. The zero-order valence-corrected chi connectivity index (χ0v) is 10.0. The molecule has 0 unspecified atom stereocenters. The van der Waals surface area contributed by atoms with Gasteiger partial charge in [0.2, 0.25) is 10.0 Å². The molecule has 0 saturated carbocycles. The van der Waals surface area contributed by atoms with Crippen LogP contribution in [0, 0.1) is 0 Å². The molecule has 1 aliphatic rings. The van der Waals surface area contributed by atoms with Gasteiger partial charge in [-0.1, -0.05) is 0 Å². The maximum atomic E-state index is 11.7.